The third kappa shape index (κ3) is 4.00. The highest BCUT2D eigenvalue weighted by molar-refractivity contribution is 5.94. The second-order valence-electron chi connectivity index (χ2n) is 4.76. The van der Waals surface area contributed by atoms with E-state index >= 15 is 0 Å². The Morgan fingerprint density at radius 3 is 2.39 bits per heavy atom. The topological polar surface area (TPSA) is 55.1 Å². The smallest absolute Gasteiger partial charge is 0.251 e. The number of carbonyl (C=O) groups excluding carboxylic acids is 1. The first-order chi connectivity index (χ1) is 8.29. The van der Waals surface area contributed by atoms with Crippen LogP contribution in [-0.4, -0.2) is 12.5 Å². The molecule has 2 rings (SSSR count). The van der Waals surface area contributed by atoms with Crippen LogP contribution in [0, 0.1) is 5.92 Å². The minimum Gasteiger partial charge on any atom is -0.352 e. The molecule has 1 aromatic carbocycles. The molecule has 0 heterocycles. The Morgan fingerprint density at radius 2 is 1.83 bits per heavy atom. The lowest BCUT2D eigenvalue weighted by Gasteiger charge is -2.10. The van der Waals surface area contributed by atoms with E-state index in [2.05, 4.69) is 5.32 Å². The van der Waals surface area contributed by atoms with Gasteiger partial charge in [0.2, 0.25) is 0 Å². The summed E-state index contributed by atoms with van der Waals surface area (Å²) in [5.74, 6) is 0.711. The number of benzene rings is 1. The summed E-state index contributed by atoms with van der Waals surface area (Å²) in [7, 11) is 0. The Hall–Kier alpha value is -1.06. The predicted octanol–water partition coefficient (Wildman–Crippen LogP) is 2.49. The van der Waals surface area contributed by atoms with Gasteiger partial charge in [-0.3, -0.25) is 4.79 Å². The minimum absolute atomic E-state index is 0. The highest BCUT2D eigenvalue weighted by Gasteiger charge is 2.15. The Labute approximate surface area is 115 Å². The fraction of sp³-hybridized carbons (Fsp3) is 0.500. The zero-order valence-corrected chi connectivity index (χ0v) is 11.3. The zero-order valence-electron chi connectivity index (χ0n) is 10.5. The highest BCUT2D eigenvalue weighted by atomic mass is 35.5. The van der Waals surface area contributed by atoms with Crippen LogP contribution in [0.1, 0.15) is 41.6 Å². The number of hydrogen-bond acceptors (Lipinski definition) is 2. The van der Waals surface area contributed by atoms with Gasteiger partial charge in [0.15, 0.2) is 0 Å². The zero-order chi connectivity index (χ0) is 12.1. The molecule has 0 spiro atoms. The molecule has 3 nitrogen and oxygen atoms in total. The molecule has 0 bridgehead atoms. The molecule has 1 aliphatic rings. The molecular formula is C14H21ClN2O. The van der Waals surface area contributed by atoms with Crippen LogP contribution in [0.2, 0.25) is 0 Å². The molecule has 1 fully saturated rings. The number of nitrogens with two attached hydrogens (primary N) is 1. The molecule has 1 aliphatic carbocycles. The van der Waals surface area contributed by atoms with Crippen LogP contribution in [0.3, 0.4) is 0 Å². The summed E-state index contributed by atoms with van der Waals surface area (Å²) in [5, 5.41) is 3.01. The van der Waals surface area contributed by atoms with Crippen LogP contribution in [0.15, 0.2) is 24.3 Å². The van der Waals surface area contributed by atoms with Gasteiger partial charge < -0.3 is 11.1 Å². The van der Waals surface area contributed by atoms with Gasteiger partial charge in [-0.15, -0.1) is 12.4 Å². The Balaban J connectivity index is 0.00000162. The third-order valence-electron chi connectivity index (χ3n) is 3.48. The van der Waals surface area contributed by atoms with E-state index in [0.29, 0.717) is 12.5 Å². The summed E-state index contributed by atoms with van der Waals surface area (Å²) in [6, 6.07) is 7.49. The second kappa shape index (κ2) is 7.39. The molecule has 18 heavy (non-hydrogen) atoms. The number of hydrogen-bond donors (Lipinski definition) is 2. The van der Waals surface area contributed by atoms with Crippen molar-refractivity contribution in [2.24, 2.45) is 11.7 Å². The fourth-order valence-electron chi connectivity index (χ4n) is 2.35. The number of rotatable bonds is 4. The molecule has 0 atom stereocenters. The van der Waals surface area contributed by atoms with E-state index in [9.17, 15) is 4.79 Å². The minimum atomic E-state index is 0. The molecule has 1 aromatic rings. The maximum atomic E-state index is 11.9. The number of carbonyl (C=O) groups is 1. The van der Waals surface area contributed by atoms with Gasteiger partial charge in [-0.2, -0.15) is 0 Å². The van der Waals surface area contributed by atoms with Crippen molar-refractivity contribution in [1.29, 1.82) is 0 Å². The van der Waals surface area contributed by atoms with Crippen molar-refractivity contribution in [3.05, 3.63) is 35.4 Å². The lowest BCUT2D eigenvalue weighted by Crippen LogP contribution is -2.28. The second-order valence-corrected chi connectivity index (χ2v) is 4.76. The van der Waals surface area contributed by atoms with E-state index in [1.807, 2.05) is 24.3 Å². The van der Waals surface area contributed by atoms with Crippen molar-refractivity contribution in [3.63, 3.8) is 0 Å². The summed E-state index contributed by atoms with van der Waals surface area (Å²) < 4.78 is 0. The summed E-state index contributed by atoms with van der Waals surface area (Å²) in [4.78, 5) is 11.9. The van der Waals surface area contributed by atoms with Gasteiger partial charge in [-0.1, -0.05) is 25.0 Å². The normalized spacial score (nSPS) is 15.2. The Morgan fingerprint density at radius 1 is 1.22 bits per heavy atom. The van der Waals surface area contributed by atoms with Gasteiger partial charge >= 0.3 is 0 Å². The van der Waals surface area contributed by atoms with Gasteiger partial charge in [0.05, 0.1) is 0 Å². The van der Waals surface area contributed by atoms with Crippen LogP contribution in [0.4, 0.5) is 0 Å². The molecule has 0 aromatic heterocycles. The fourth-order valence-corrected chi connectivity index (χ4v) is 2.35. The predicted molar refractivity (Wildman–Crippen MR) is 75.9 cm³/mol. The van der Waals surface area contributed by atoms with Crippen LogP contribution in [0.5, 0.6) is 0 Å². The molecule has 1 amide bonds. The van der Waals surface area contributed by atoms with E-state index in [-0.39, 0.29) is 18.3 Å². The molecule has 0 unspecified atom stereocenters. The SMILES string of the molecule is Cl.NCc1ccc(C(=O)NCC2CCCC2)cc1. The molecular weight excluding hydrogens is 248 g/mol. The van der Waals surface area contributed by atoms with E-state index < -0.39 is 0 Å². The summed E-state index contributed by atoms with van der Waals surface area (Å²) in [6.07, 6.45) is 5.14. The van der Waals surface area contributed by atoms with Crippen LogP contribution in [0.25, 0.3) is 0 Å². The monoisotopic (exact) mass is 268 g/mol. The first-order valence-electron chi connectivity index (χ1n) is 6.37. The molecule has 1 saturated carbocycles. The van der Waals surface area contributed by atoms with E-state index in [1.54, 1.807) is 0 Å². The third-order valence-corrected chi connectivity index (χ3v) is 3.48. The van der Waals surface area contributed by atoms with Crippen molar-refractivity contribution in [1.82, 2.24) is 5.32 Å². The largest absolute Gasteiger partial charge is 0.352 e. The molecule has 0 radical (unpaired) electrons. The standard InChI is InChI=1S/C14H20N2O.ClH/c15-9-11-5-7-13(8-6-11)14(17)16-10-12-3-1-2-4-12;/h5-8,12H,1-4,9-10,15H2,(H,16,17);1H. The lowest BCUT2D eigenvalue weighted by molar-refractivity contribution is 0.0947. The van der Waals surface area contributed by atoms with Crippen molar-refractivity contribution < 1.29 is 4.79 Å². The average molecular weight is 269 g/mol. The first-order valence-corrected chi connectivity index (χ1v) is 6.37. The Bertz CT molecular complexity index is 372. The van der Waals surface area contributed by atoms with E-state index in [0.717, 1.165) is 17.7 Å². The molecule has 3 N–H and O–H groups in total. The van der Waals surface area contributed by atoms with Gasteiger partial charge in [0.1, 0.15) is 0 Å². The average Bonchev–Trinajstić information content (AvgIpc) is 2.89. The summed E-state index contributed by atoms with van der Waals surface area (Å²) in [6.45, 7) is 1.33. The van der Waals surface area contributed by atoms with E-state index in [1.165, 1.54) is 25.7 Å². The number of amides is 1. The van der Waals surface area contributed by atoms with Crippen molar-refractivity contribution in [2.75, 3.05) is 6.54 Å². The number of halogens is 1. The van der Waals surface area contributed by atoms with Crippen molar-refractivity contribution in [3.8, 4) is 0 Å². The highest BCUT2D eigenvalue weighted by Crippen LogP contribution is 2.23. The van der Waals surface area contributed by atoms with Crippen LogP contribution < -0.4 is 11.1 Å². The van der Waals surface area contributed by atoms with Crippen LogP contribution in [-0.2, 0) is 6.54 Å². The van der Waals surface area contributed by atoms with Crippen molar-refractivity contribution in [2.45, 2.75) is 32.2 Å². The van der Waals surface area contributed by atoms with Gasteiger partial charge in [0, 0.05) is 18.7 Å². The van der Waals surface area contributed by atoms with Gasteiger partial charge in [-0.25, -0.2) is 0 Å². The van der Waals surface area contributed by atoms with Crippen LogP contribution >= 0.6 is 12.4 Å². The summed E-state index contributed by atoms with van der Waals surface area (Å²) in [5.41, 5.74) is 7.29. The molecule has 4 heteroatoms. The maximum absolute atomic E-state index is 11.9. The molecule has 0 saturated heterocycles. The van der Waals surface area contributed by atoms with E-state index in [4.69, 9.17) is 5.73 Å². The van der Waals surface area contributed by atoms with Gasteiger partial charge in [-0.05, 0) is 36.5 Å². The first kappa shape index (κ1) is 15.0. The quantitative estimate of drug-likeness (QED) is 0.882. The molecule has 100 valence electrons. The summed E-state index contributed by atoms with van der Waals surface area (Å²) >= 11 is 0. The van der Waals surface area contributed by atoms with Gasteiger partial charge in [0.25, 0.3) is 5.91 Å². The lowest BCUT2D eigenvalue weighted by atomic mass is 10.1. The Kier molecular flexibility index (Phi) is 6.16. The maximum Gasteiger partial charge on any atom is 0.251 e. The van der Waals surface area contributed by atoms with Crippen molar-refractivity contribution >= 4 is 18.3 Å². The molecule has 0 aliphatic heterocycles. The number of nitrogens with one attached hydrogen (secondary N) is 1.